The lowest BCUT2D eigenvalue weighted by atomic mass is 10.2. The molecule has 0 saturated carbocycles. The summed E-state index contributed by atoms with van der Waals surface area (Å²) in [6.07, 6.45) is 0.0314. The smallest absolute Gasteiger partial charge is 0.407 e. The number of carbonyl (C=O) groups is 3. The molecule has 0 unspecified atom stereocenters. The number of hydrogen-bond donors (Lipinski definition) is 2. The summed E-state index contributed by atoms with van der Waals surface area (Å²) in [5.41, 5.74) is 0. The maximum Gasteiger partial charge on any atom is 0.407 e. The molecule has 1 saturated heterocycles. The number of ether oxygens (including phenoxy) is 1. The van der Waals surface area contributed by atoms with Gasteiger partial charge in [0.15, 0.2) is 0 Å². The van der Waals surface area contributed by atoms with Crippen molar-refractivity contribution >= 4 is 18.0 Å². The van der Waals surface area contributed by atoms with Gasteiger partial charge in [-0.25, -0.2) is 4.79 Å². The molecule has 0 aromatic heterocycles. The fourth-order valence-corrected chi connectivity index (χ4v) is 1.76. The van der Waals surface area contributed by atoms with Crippen LogP contribution in [0, 0.1) is 0 Å². The maximum absolute atomic E-state index is 11.6. The van der Waals surface area contributed by atoms with Crippen LogP contribution in [0.3, 0.4) is 0 Å². The average Bonchev–Trinajstić information content (AvgIpc) is 2.75. The Morgan fingerprint density at radius 1 is 1.47 bits per heavy atom. The van der Waals surface area contributed by atoms with E-state index < -0.39 is 24.0 Å². The van der Waals surface area contributed by atoms with E-state index in [9.17, 15) is 14.4 Å². The molecule has 96 valence electrons. The summed E-state index contributed by atoms with van der Waals surface area (Å²) in [5.74, 6) is -0.973. The first-order valence-corrected chi connectivity index (χ1v) is 5.49. The van der Waals surface area contributed by atoms with E-state index in [1.807, 2.05) is 0 Å². The molecular weight excluding hydrogens is 228 g/mol. The maximum atomic E-state index is 11.6. The topological polar surface area (TPSA) is 95.9 Å². The molecule has 0 aromatic rings. The molecule has 7 heteroatoms. The SMILES string of the molecule is CCOC(=O)CNC(=O)[C@@H]1CCCN1C(=O)O. The molecule has 1 heterocycles. The van der Waals surface area contributed by atoms with Crippen molar-refractivity contribution in [1.29, 1.82) is 0 Å². The zero-order valence-corrected chi connectivity index (χ0v) is 9.64. The van der Waals surface area contributed by atoms with Crippen LogP contribution >= 0.6 is 0 Å². The minimum Gasteiger partial charge on any atom is -0.465 e. The van der Waals surface area contributed by atoms with E-state index in [-0.39, 0.29) is 13.2 Å². The number of hydrogen-bond acceptors (Lipinski definition) is 4. The summed E-state index contributed by atoms with van der Waals surface area (Å²) >= 11 is 0. The predicted molar refractivity (Wildman–Crippen MR) is 57.4 cm³/mol. The third-order valence-corrected chi connectivity index (χ3v) is 2.51. The number of rotatable bonds is 4. The number of likely N-dealkylation sites (tertiary alicyclic amines) is 1. The second kappa shape index (κ2) is 6.07. The zero-order chi connectivity index (χ0) is 12.8. The van der Waals surface area contributed by atoms with Crippen molar-refractivity contribution in [3.05, 3.63) is 0 Å². The second-order valence-electron chi connectivity index (χ2n) is 3.66. The Labute approximate surface area is 98.7 Å². The number of amides is 2. The van der Waals surface area contributed by atoms with Crippen LogP contribution in [0.5, 0.6) is 0 Å². The van der Waals surface area contributed by atoms with E-state index in [1.54, 1.807) is 6.92 Å². The number of nitrogens with zero attached hydrogens (tertiary/aromatic N) is 1. The fourth-order valence-electron chi connectivity index (χ4n) is 1.76. The first kappa shape index (κ1) is 13.3. The van der Waals surface area contributed by atoms with Crippen LogP contribution in [0.4, 0.5) is 4.79 Å². The van der Waals surface area contributed by atoms with Gasteiger partial charge in [-0.3, -0.25) is 14.5 Å². The van der Waals surface area contributed by atoms with Gasteiger partial charge in [-0.2, -0.15) is 0 Å². The van der Waals surface area contributed by atoms with Crippen molar-refractivity contribution in [2.24, 2.45) is 0 Å². The van der Waals surface area contributed by atoms with Crippen molar-refractivity contribution < 1.29 is 24.2 Å². The van der Waals surface area contributed by atoms with Crippen molar-refractivity contribution in [3.63, 3.8) is 0 Å². The number of carboxylic acid groups (broad SMARTS) is 1. The van der Waals surface area contributed by atoms with Gasteiger partial charge in [0, 0.05) is 6.54 Å². The molecule has 1 fully saturated rings. The summed E-state index contributed by atoms with van der Waals surface area (Å²) in [4.78, 5) is 34.6. The van der Waals surface area contributed by atoms with E-state index in [0.717, 1.165) is 4.90 Å². The van der Waals surface area contributed by atoms with Gasteiger partial charge in [-0.15, -0.1) is 0 Å². The number of esters is 1. The van der Waals surface area contributed by atoms with Gasteiger partial charge in [0.05, 0.1) is 6.61 Å². The quantitative estimate of drug-likeness (QED) is 0.668. The van der Waals surface area contributed by atoms with E-state index in [2.05, 4.69) is 10.1 Å². The van der Waals surface area contributed by atoms with Gasteiger partial charge in [0.1, 0.15) is 12.6 Å². The van der Waals surface area contributed by atoms with Gasteiger partial charge < -0.3 is 15.2 Å². The molecule has 0 aromatic carbocycles. The van der Waals surface area contributed by atoms with Crippen LogP contribution in [0.2, 0.25) is 0 Å². The van der Waals surface area contributed by atoms with Gasteiger partial charge in [0.2, 0.25) is 5.91 Å². The lowest BCUT2D eigenvalue weighted by Gasteiger charge is -2.20. The molecule has 0 aliphatic carbocycles. The lowest BCUT2D eigenvalue weighted by molar-refractivity contribution is -0.143. The molecule has 1 rings (SSSR count). The van der Waals surface area contributed by atoms with Gasteiger partial charge in [0.25, 0.3) is 0 Å². The van der Waals surface area contributed by atoms with Crippen LogP contribution in [0.1, 0.15) is 19.8 Å². The van der Waals surface area contributed by atoms with E-state index in [1.165, 1.54) is 0 Å². The summed E-state index contributed by atoms with van der Waals surface area (Å²) in [6, 6.07) is -0.693. The Morgan fingerprint density at radius 3 is 2.76 bits per heavy atom. The van der Waals surface area contributed by atoms with E-state index >= 15 is 0 Å². The summed E-state index contributed by atoms with van der Waals surface area (Å²) < 4.78 is 4.65. The molecule has 2 N–H and O–H groups in total. The molecule has 0 radical (unpaired) electrons. The van der Waals surface area contributed by atoms with Crippen LogP contribution in [-0.2, 0) is 14.3 Å². The summed E-state index contributed by atoms with van der Waals surface area (Å²) in [6.45, 7) is 2.05. The highest BCUT2D eigenvalue weighted by atomic mass is 16.5. The molecule has 0 bridgehead atoms. The summed E-state index contributed by atoms with van der Waals surface area (Å²) in [5, 5.41) is 11.2. The third kappa shape index (κ3) is 3.61. The molecular formula is C10H16N2O5. The Balaban J connectivity index is 2.42. The lowest BCUT2D eigenvalue weighted by Crippen LogP contribution is -2.46. The van der Waals surface area contributed by atoms with Gasteiger partial charge >= 0.3 is 12.1 Å². The fraction of sp³-hybridized carbons (Fsp3) is 0.700. The number of carbonyl (C=O) groups excluding carboxylic acids is 2. The van der Waals surface area contributed by atoms with Crippen molar-refractivity contribution in [2.75, 3.05) is 19.7 Å². The van der Waals surface area contributed by atoms with Crippen LogP contribution in [0.25, 0.3) is 0 Å². The normalized spacial score (nSPS) is 18.9. The van der Waals surface area contributed by atoms with E-state index in [0.29, 0.717) is 19.4 Å². The van der Waals surface area contributed by atoms with Crippen molar-refractivity contribution in [3.8, 4) is 0 Å². The van der Waals surface area contributed by atoms with E-state index in [4.69, 9.17) is 5.11 Å². The van der Waals surface area contributed by atoms with Crippen LogP contribution < -0.4 is 5.32 Å². The Kier molecular flexibility index (Phi) is 4.74. The molecule has 1 aliphatic heterocycles. The Bertz CT molecular complexity index is 318. The molecule has 1 aliphatic rings. The minimum atomic E-state index is -1.11. The highest BCUT2D eigenvalue weighted by Crippen LogP contribution is 2.17. The average molecular weight is 244 g/mol. The van der Waals surface area contributed by atoms with Gasteiger partial charge in [-0.1, -0.05) is 0 Å². The molecule has 0 spiro atoms. The third-order valence-electron chi connectivity index (χ3n) is 2.51. The van der Waals surface area contributed by atoms with Gasteiger partial charge in [-0.05, 0) is 19.8 Å². The monoisotopic (exact) mass is 244 g/mol. The van der Waals surface area contributed by atoms with Crippen LogP contribution in [-0.4, -0.2) is 53.7 Å². The first-order chi connectivity index (χ1) is 8.06. The van der Waals surface area contributed by atoms with Crippen LogP contribution in [0.15, 0.2) is 0 Å². The minimum absolute atomic E-state index is 0.226. The molecule has 17 heavy (non-hydrogen) atoms. The summed E-state index contributed by atoms with van der Waals surface area (Å²) in [7, 11) is 0. The Hall–Kier alpha value is -1.79. The standard InChI is InChI=1S/C10H16N2O5/c1-2-17-8(13)6-11-9(14)7-4-3-5-12(7)10(15)16/h7H,2-6H2,1H3,(H,11,14)(H,15,16)/t7-/m0/s1. The predicted octanol–water partition coefficient (Wildman–Crippen LogP) is -0.192. The zero-order valence-electron chi connectivity index (χ0n) is 9.64. The highest BCUT2D eigenvalue weighted by molar-refractivity contribution is 5.88. The van der Waals surface area contributed by atoms with Crippen molar-refractivity contribution in [2.45, 2.75) is 25.8 Å². The second-order valence-corrected chi connectivity index (χ2v) is 3.66. The molecule has 2 amide bonds. The Morgan fingerprint density at radius 2 is 2.18 bits per heavy atom. The molecule has 7 nitrogen and oxygen atoms in total. The number of nitrogens with one attached hydrogen (secondary N) is 1. The van der Waals surface area contributed by atoms with Crippen molar-refractivity contribution in [1.82, 2.24) is 10.2 Å². The first-order valence-electron chi connectivity index (χ1n) is 5.49. The largest absolute Gasteiger partial charge is 0.465 e. The molecule has 1 atom stereocenters. The highest BCUT2D eigenvalue weighted by Gasteiger charge is 2.33.